The number of ketones is 1. The summed E-state index contributed by atoms with van der Waals surface area (Å²) in [4.78, 5) is 24.5. The molecule has 0 aromatic heterocycles. The number of amides is 1. The Labute approximate surface area is 377 Å². The second-order valence-electron chi connectivity index (χ2n) is 19.2. The quantitative estimate of drug-likeness (QED) is 0.0473. The van der Waals surface area contributed by atoms with Crippen LogP contribution in [0.2, 0.25) is 0 Å². The molecule has 0 aliphatic heterocycles. The SMILES string of the molecule is CCCCCCCC/C=C\CCCCCCCCCCCC(=O)CCCCCCCCCCCCCCCC(=O)NC[C@H](O)CCCCCCCCCCCCCCCC. The van der Waals surface area contributed by atoms with E-state index in [-0.39, 0.29) is 5.91 Å². The number of carbonyl (C=O) groups excluding carboxylic acids is 2. The Morgan fingerprint density at radius 2 is 0.633 bits per heavy atom. The highest BCUT2D eigenvalue weighted by Gasteiger charge is 2.07. The Morgan fingerprint density at radius 3 is 0.967 bits per heavy atom. The van der Waals surface area contributed by atoms with E-state index in [2.05, 4.69) is 31.3 Å². The molecule has 0 radical (unpaired) electrons. The summed E-state index contributed by atoms with van der Waals surface area (Å²) in [6.45, 7) is 4.98. The molecule has 0 saturated heterocycles. The predicted octanol–water partition coefficient (Wildman–Crippen LogP) is 18.4. The Balaban J connectivity index is 3.29. The van der Waals surface area contributed by atoms with Crippen LogP contribution < -0.4 is 5.32 Å². The van der Waals surface area contributed by atoms with Crippen LogP contribution in [0.4, 0.5) is 0 Å². The van der Waals surface area contributed by atoms with Crippen LogP contribution in [0, 0.1) is 0 Å². The number of rotatable bonds is 52. The van der Waals surface area contributed by atoms with Crippen LogP contribution in [-0.4, -0.2) is 29.4 Å². The van der Waals surface area contributed by atoms with Crippen molar-refractivity contribution in [1.82, 2.24) is 5.32 Å². The van der Waals surface area contributed by atoms with Gasteiger partial charge in [0.1, 0.15) is 5.78 Å². The summed E-state index contributed by atoms with van der Waals surface area (Å²) in [5.41, 5.74) is 0. The second-order valence-corrected chi connectivity index (χ2v) is 19.2. The van der Waals surface area contributed by atoms with Crippen molar-refractivity contribution in [3.05, 3.63) is 12.2 Å². The summed E-state index contributed by atoms with van der Waals surface area (Å²) in [6, 6.07) is 0. The number of allylic oxidation sites excluding steroid dienone is 2. The first-order valence-corrected chi connectivity index (χ1v) is 27.7. The lowest BCUT2D eigenvalue weighted by Crippen LogP contribution is -2.31. The van der Waals surface area contributed by atoms with E-state index in [0.29, 0.717) is 18.7 Å². The highest BCUT2D eigenvalue weighted by Crippen LogP contribution is 2.17. The third-order valence-corrected chi connectivity index (χ3v) is 13.0. The minimum Gasteiger partial charge on any atom is -0.391 e. The molecule has 2 N–H and O–H groups in total. The summed E-state index contributed by atoms with van der Waals surface area (Å²) in [7, 11) is 0. The Bertz CT molecular complexity index is 871. The minimum atomic E-state index is -0.399. The monoisotopic (exact) mass is 844 g/mol. The van der Waals surface area contributed by atoms with Crippen molar-refractivity contribution in [1.29, 1.82) is 0 Å². The summed E-state index contributed by atoms with van der Waals surface area (Å²) in [6.07, 6.45) is 65.4. The lowest BCUT2D eigenvalue weighted by atomic mass is 10.0. The largest absolute Gasteiger partial charge is 0.391 e. The first kappa shape index (κ1) is 58.8. The van der Waals surface area contributed by atoms with Gasteiger partial charge in [-0.3, -0.25) is 9.59 Å². The first-order valence-electron chi connectivity index (χ1n) is 27.7. The smallest absolute Gasteiger partial charge is 0.220 e. The van der Waals surface area contributed by atoms with E-state index in [4.69, 9.17) is 0 Å². The van der Waals surface area contributed by atoms with Crippen LogP contribution >= 0.6 is 0 Å². The van der Waals surface area contributed by atoms with Crippen molar-refractivity contribution in [2.75, 3.05) is 6.54 Å². The van der Waals surface area contributed by atoms with E-state index in [1.807, 2.05) is 0 Å². The summed E-state index contributed by atoms with van der Waals surface area (Å²) < 4.78 is 0. The number of unbranched alkanes of at least 4 members (excludes halogenated alkanes) is 40. The van der Waals surface area contributed by atoms with Crippen molar-refractivity contribution >= 4 is 11.7 Å². The fourth-order valence-electron chi connectivity index (χ4n) is 8.77. The van der Waals surface area contributed by atoms with Gasteiger partial charge in [0.2, 0.25) is 5.91 Å². The summed E-state index contributed by atoms with van der Waals surface area (Å²) in [5.74, 6) is 0.603. The molecule has 0 bridgehead atoms. The van der Waals surface area contributed by atoms with Gasteiger partial charge in [0.25, 0.3) is 0 Å². The molecule has 356 valence electrons. The first-order chi connectivity index (χ1) is 29.6. The lowest BCUT2D eigenvalue weighted by Gasteiger charge is -2.12. The van der Waals surface area contributed by atoms with Gasteiger partial charge in [-0.25, -0.2) is 0 Å². The maximum atomic E-state index is 12.3. The van der Waals surface area contributed by atoms with E-state index < -0.39 is 6.10 Å². The van der Waals surface area contributed by atoms with Crippen LogP contribution in [0.1, 0.15) is 322 Å². The van der Waals surface area contributed by atoms with Gasteiger partial charge in [-0.1, -0.05) is 264 Å². The summed E-state index contributed by atoms with van der Waals surface area (Å²) in [5, 5.41) is 13.2. The number of hydrogen-bond acceptors (Lipinski definition) is 3. The molecule has 4 nitrogen and oxygen atoms in total. The standard InChI is InChI=1S/C56H109NO3/c1-3-5-7-9-11-13-15-17-19-20-21-22-23-26-29-33-37-41-45-49-54(58)50-46-42-38-34-30-27-24-28-32-36-40-44-48-52-56(60)57-53-55(59)51-47-43-39-35-31-25-18-16-14-12-10-8-6-4-2/h17,19,55,59H,3-16,18,20-53H2,1-2H3,(H,57,60)/b19-17-/t55-/m1/s1. The van der Waals surface area contributed by atoms with Crippen molar-refractivity contribution in [2.24, 2.45) is 0 Å². The van der Waals surface area contributed by atoms with Crippen LogP contribution in [0.3, 0.4) is 0 Å². The normalized spacial score (nSPS) is 12.2. The van der Waals surface area contributed by atoms with Gasteiger partial charge >= 0.3 is 0 Å². The molecule has 0 aliphatic carbocycles. The van der Waals surface area contributed by atoms with Gasteiger partial charge in [0, 0.05) is 25.8 Å². The van der Waals surface area contributed by atoms with Gasteiger partial charge in [0.05, 0.1) is 6.10 Å². The molecule has 4 heteroatoms. The number of hydrogen-bond donors (Lipinski definition) is 2. The van der Waals surface area contributed by atoms with Crippen LogP contribution in [0.25, 0.3) is 0 Å². The molecule has 0 aromatic carbocycles. The van der Waals surface area contributed by atoms with Crippen LogP contribution in [-0.2, 0) is 9.59 Å². The third kappa shape index (κ3) is 51.2. The number of carbonyl (C=O) groups is 2. The highest BCUT2D eigenvalue weighted by molar-refractivity contribution is 5.78. The predicted molar refractivity (Wildman–Crippen MR) is 266 cm³/mol. The van der Waals surface area contributed by atoms with E-state index in [1.165, 1.54) is 250 Å². The molecule has 0 heterocycles. The Morgan fingerprint density at radius 1 is 0.367 bits per heavy atom. The molecule has 0 aliphatic rings. The van der Waals surface area contributed by atoms with Crippen molar-refractivity contribution in [3.63, 3.8) is 0 Å². The fourth-order valence-corrected chi connectivity index (χ4v) is 8.77. The molecule has 0 saturated carbocycles. The Hall–Kier alpha value is -1.16. The zero-order valence-electron chi connectivity index (χ0n) is 41.1. The second kappa shape index (κ2) is 52.2. The van der Waals surface area contributed by atoms with Crippen LogP contribution in [0.5, 0.6) is 0 Å². The van der Waals surface area contributed by atoms with Gasteiger partial charge in [-0.15, -0.1) is 0 Å². The minimum absolute atomic E-state index is 0.103. The molecule has 0 spiro atoms. The van der Waals surface area contributed by atoms with Crippen molar-refractivity contribution in [2.45, 2.75) is 328 Å². The van der Waals surface area contributed by atoms with E-state index >= 15 is 0 Å². The molecular formula is C56H109NO3. The van der Waals surface area contributed by atoms with E-state index in [0.717, 1.165) is 51.4 Å². The Kier molecular flexibility index (Phi) is 51.2. The number of Topliss-reactive ketones (excluding diaryl/α,β-unsaturated/α-hetero) is 1. The number of aliphatic hydroxyl groups is 1. The molecule has 0 fully saturated rings. The molecule has 1 atom stereocenters. The van der Waals surface area contributed by atoms with E-state index in [1.54, 1.807) is 0 Å². The molecule has 0 rings (SSSR count). The van der Waals surface area contributed by atoms with Crippen LogP contribution in [0.15, 0.2) is 12.2 Å². The average molecular weight is 844 g/mol. The molecule has 0 aromatic rings. The molecule has 1 amide bonds. The zero-order valence-corrected chi connectivity index (χ0v) is 41.1. The molecular weight excluding hydrogens is 735 g/mol. The lowest BCUT2D eigenvalue weighted by molar-refractivity contribution is -0.121. The maximum absolute atomic E-state index is 12.3. The van der Waals surface area contributed by atoms with Crippen molar-refractivity contribution < 1.29 is 14.7 Å². The highest BCUT2D eigenvalue weighted by atomic mass is 16.3. The summed E-state index contributed by atoms with van der Waals surface area (Å²) >= 11 is 0. The van der Waals surface area contributed by atoms with Crippen molar-refractivity contribution in [3.8, 4) is 0 Å². The van der Waals surface area contributed by atoms with Gasteiger partial charge < -0.3 is 10.4 Å². The molecule has 0 unspecified atom stereocenters. The van der Waals surface area contributed by atoms with Gasteiger partial charge in [-0.2, -0.15) is 0 Å². The average Bonchev–Trinajstić information content (AvgIpc) is 3.25. The zero-order chi connectivity index (χ0) is 43.5. The van der Waals surface area contributed by atoms with E-state index in [9.17, 15) is 14.7 Å². The number of aliphatic hydroxyl groups excluding tert-OH is 1. The number of nitrogens with one attached hydrogen (secondary N) is 1. The third-order valence-electron chi connectivity index (χ3n) is 13.0. The van der Waals surface area contributed by atoms with Gasteiger partial charge in [0.15, 0.2) is 0 Å². The topological polar surface area (TPSA) is 66.4 Å². The fraction of sp³-hybridized carbons (Fsp3) is 0.929. The van der Waals surface area contributed by atoms with Gasteiger partial charge in [-0.05, 0) is 51.4 Å². The maximum Gasteiger partial charge on any atom is 0.220 e. The molecule has 60 heavy (non-hydrogen) atoms.